The second-order valence-corrected chi connectivity index (χ2v) is 7.75. The molecular formula is C23H38N2O. The molecule has 0 aliphatic rings. The van der Waals surface area contributed by atoms with Gasteiger partial charge in [-0.2, -0.15) is 0 Å². The number of likely N-dealkylation sites (N-methyl/N-ethyl adjacent to an activating group) is 1. The molecule has 0 amide bonds. The molecule has 0 bridgehead atoms. The highest BCUT2D eigenvalue weighted by Crippen LogP contribution is 2.24. The van der Waals surface area contributed by atoms with Gasteiger partial charge in [0.05, 0.1) is 6.61 Å². The van der Waals surface area contributed by atoms with Gasteiger partial charge in [0.1, 0.15) is 5.75 Å². The molecule has 1 heterocycles. The Morgan fingerprint density at radius 2 is 1.62 bits per heavy atom. The number of nitrogens with one attached hydrogen (secondary N) is 1. The van der Waals surface area contributed by atoms with E-state index in [9.17, 15) is 0 Å². The summed E-state index contributed by atoms with van der Waals surface area (Å²) < 4.78 is 6.00. The predicted octanol–water partition coefficient (Wildman–Crippen LogP) is 6.18. The molecular weight excluding hydrogens is 320 g/mol. The van der Waals surface area contributed by atoms with Gasteiger partial charge in [-0.15, -0.1) is 0 Å². The smallest absolute Gasteiger partial charge is 0.120 e. The molecule has 0 saturated heterocycles. The van der Waals surface area contributed by atoms with Gasteiger partial charge in [-0.25, -0.2) is 0 Å². The van der Waals surface area contributed by atoms with Crippen LogP contribution in [0, 0.1) is 0 Å². The molecule has 0 fully saturated rings. The lowest BCUT2D eigenvalue weighted by Crippen LogP contribution is -2.14. The fraction of sp³-hybridized carbons (Fsp3) is 0.652. The summed E-state index contributed by atoms with van der Waals surface area (Å²) in [5.74, 6) is 1.00. The van der Waals surface area contributed by atoms with Crippen LogP contribution in [0.3, 0.4) is 0 Å². The molecule has 0 unspecified atom stereocenters. The molecule has 0 aliphatic heterocycles. The molecule has 2 rings (SSSR count). The normalized spacial score (nSPS) is 11.5. The summed E-state index contributed by atoms with van der Waals surface area (Å²) in [5.41, 5.74) is 2.58. The SMILES string of the molecule is CCCCCCCCCCCOc1ccc2[nH]cc(CCN(C)C)c2c1. The first-order valence-corrected chi connectivity index (χ1v) is 10.6. The number of aromatic amines is 1. The number of fused-ring (bicyclic) bond motifs is 1. The molecule has 1 aromatic heterocycles. The number of aromatic nitrogens is 1. The van der Waals surface area contributed by atoms with E-state index in [0.717, 1.165) is 31.7 Å². The minimum atomic E-state index is 0.832. The number of unbranched alkanes of at least 4 members (excludes halogenated alkanes) is 8. The lowest BCUT2D eigenvalue weighted by molar-refractivity contribution is 0.304. The molecule has 2 aromatic rings. The summed E-state index contributed by atoms with van der Waals surface area (Å²) in [6.07, 6.45) is 15.3. The zero-order chi connectivity index (χ0) is 18.6. The van der Waals surface area contributed by atoms with E-state index in [1.165, 1.54) is 67.8 Å². The zero-order valence-corrected chi connectivity index (χ0v) is 17.2. The van der Waals surface area contributed by atoms with Crippen molar-refractivity contribution in [2.24, 2.45) is 0 Å². The molecule has 0 aliphatic carbocycles. The molecule has 0 radical (unpaired) electrons. The van der Waals surface area contributed by atoms with Crippen molar-refractivity contribution < 1.29 is 4.74 Å². The Labute approximate surface area is 160 Å². The van der Waals surface area contributed by atoms with Crippen molar-refractivity contribution in [3.05, 3.63) is 30.0 Å². The van der Waals surface area contributed by atoms with Gasteiger partial charge in [-0.05, 0) is 50.7 Å². The first-order valence-electron chi connectivity index (χ1n) is 10.6. The van der Waals surface area contributed by atoms with Crippen molar-refractivity contribution in [1.29, 1.82) is 0 Å². The van der Waals surface area contributed by atoms with E-state index in [1.54, 1.807) is 0 Å². The van der Waals surface area contributed by atoms with Crippen molar-refractivity contribution in [2.45, 2.75) is 71.1 Å². The van der Waals surface area contributed by atoms with Gasteiger partial charge in [0, 0.05) is 23.6 Å². The minimum Gasteiger partial charge on any atom is -0.494 e. The molecule has 0 saturated carbocycles. The van der Waals surface area contributed by atoms with Gasteiger partial charge >= 0.3 is 0 Å². The predicted molar refractivity (Wildman–Crippen MR) is 113 cm³/mol. The zero-order valence-electron chi connectivity index (χ0n) is 17.2. The first kappa shape index (κ1) is 20.8. The maximum Gasteiger partial charge on any atom is 0.120 e. The van der Waals surface area contributed by atoms with Crippen LogP contribution >= 0.6 is 0 Å². The summed E-state index contributed by atoms with van der Waals surface area (Å²) in [4.78, 5) is 5.60. The minimum absolute atomic E-state index is 0.832. The van der Waals surface area contributed by atoms with Crippen molar-refractivity contribution >= 4 is 10.9 Å². The van der Waals surface area contributed by atoms with Crippen LogP contribution < -0.4 is 4.74 Å². The van der Waals surface area contributed by atoms with Gasteiger partial charge in [0.15, 0.2) is 0 Å². The maximum absolute atomic E-state index is 6.00. The van der Waals surface area contributed by atoms with Crippen molar-refractivity contribution in [3.8, 4) is 5.75 Å². The summed E-state index contributed by atoms with van der Waals surface area (Å²) in [6.45, 7) is 4.17. The Morgan fingerprint density at radius 3 is 2.31 bits per heavy atom. The molecule has 3 nitrogen and oxygen atoms in total. The average Bonchev–Trinajstić information content (AvgIpc) is 3.04. The largest absolute Gasteiger partial charge is 0.494 e. The van der Waals surface area contributed by atoms with Crippen LogP contribution in [0.2, 0.25) is 0 Å². The number of rotatable bonds is 14. The fourth-order valence-electron chi connectivity index (χ4n) is 3.40. The Hall–Kier alpha value is -1.48. The monoisotopic (exact) mass is 358 g/mol. The molecule has 0 atom stereocenters. The molecule has 3 heteroatoms. The molecule has 1 N–H and O–H groups in total. The van der Waals surface area contributed by atoms with Crippen molar-refractivity contribution in [2.75, 3.05) is 27.2 Å². The summed E-state index contributed by atoms with van der Waals surface area (Å²) in [5, 5.41) is 1.30. The van der Waals surface area contributed by atoms with Crippen LogP contribution in [0.15, 0.2) is 24.4 Å². The average molecular weight is 359 g/mol. The number of hydrogen-bond donors (Lipinski definition) is 1. The topological polar surface area (TPSA) is 28.3 Å². The van der Waals surface area contributed by atoms with Gasteiger partial charge in [-0.3, -0.25) is 0 Å². The third-order valence-electron chi connectivity index (χ3n) is 5.08. The highest BCUT2D eigenvalue weighted by molar-refractivity contribution is 5.84. The number of benzene rings is 1. The Bertz CT molecular complexity index is 618. The third kappa shape index (κ3) is 7.41. The van der Waals surface area contributed by atoms with Gasteiger partial charge in [0.25, 0.3) is 0 Å². The Kier molecular flexibility index (Phi) is 9.62. The second kappa shape index (κ2) is 12.0. The summed E-state index contributed by atoms with van der Waals surface area (Å²) in [6, 6.07) is 6.42. The molecule has 0 spiro atoms. The third-order valence-corrected chi connectivity index (χ3v) is 5.08. The van der Waals surface area contributed by atoms with Crippen molar-refractivity contribution in [1.82, 2.24) is 9.88 Å². The second-order valence-electron chi connectivity index (χ2n) is 7.75. The number of nitrogens with zero attached hydrogens (tertiary/aromatic N) is 1. The van der Waals surface area contributed by atoms with E-state index in [4.69, 9.17) is 4.74 Å². The standard InChI is InChI=1S/C23H38N2O/c1-4-5-6-7-8-9-10-11-12-17-26-21-13-14-23-22(18-21)20(19-24-23)15-16-25(2)3/h13-14,18-19,24H,4-12,15-17H2,1-3H3. The van der Waals surface area contributed by atoms with Gasteiger partial charge < -0.3 is 14.6 Å². The number of hydrogen-bond acceptors (Lipinski definition) is 2. The maximum atomic E-state index is 6.00. The van der Waals surface area contributed by atoms with Crippen LogP contribution in [0.4, 0.5) is 0 Å². The van der Waals surface area contributed by atoms with Crippen LogP contribution in [0.1, 0.15) is 70.3 Å². The molecule has 146 valence electrons. The van der Waals surface area contributed by atoms with Gasteiger partial charge in [0.2, 0.25) is 0 Å². The first-order chi connectivity index (χ1) is 12.7. The van der Waals surface area contributed by atoms with E-state index in [1.807, 2.05) is 0 Å². The Balaban J connectivity index is 1.66. The summed E-state index contributed by atoms with van der Waals surface area (Å²) in [7, 11) is 4.24. The Morgan fingerprint density at radius 1 is 0.923 bits per heavy atom. The molecule has 1 aromatic carbocycles. The van der Waals surface area contributed by atoms with E-state index in [0.29, 0.717) is 0 Å². The fourth-order valence-corrected chi connectivity index (χ4v) is 3.40. The van der Waals surface area contributed by atoms with E-state index in [-0.39, 0.29) is 0 Å². The van der Waals surface area contributed by atoms with E-state index >= 15 is 0 Å². The number of H-pyrrole nitrogens is 1. The van der Waals surface area contributed by atoms with Crippen LogP contribution in [-0.2, 0) is 6.42 Å². The molecule has 26 heavy (non-hydrogen) atoms. The van der Waals surface area contributed by atoms with Crippen LogP contribution in [0.25, 0.3) is 10.9 Å². The van der Waals surface area contributed by atoms with Crippen molar-refractivity contribution in [3.63, 3.8) is 0 Å². The highest BCUT2D eigenvalue weighted by Gasteiger charge is 2.06. The summed E-state index contributed by atoms with van der Waals surface area (Å²) >= 11 is 0. The highest BCUT2D eigenvalue weighted by atomic mass is 16.5. The lowest BCUT2D eigenvalue weighted by Gasteiger charge is -2.09. The van der Waals surface area contributed by atoms with Crippen LogP contribution in [0.5, 0.6) is 5.75 Å². The number of ether oxygens (including phenoxy) is 1. The lowest BCUT2D eigenvalue weighted by atomic mass is 10.1. The van der Waals surface area contributed by atoms with E-state index in [2.05, 4.69) is 55.3 Å². The van der Waals surface area contributed by atoms with Crippen LogP contribution in [-0.4, -0.2) is 37.1 Å². The van der Waals surface area contributed by atoms with Gasteiger partial charge in [-0.1, -0.05) is 58.3 Å². The van der Waals surface area contributed by atoms with E-state index < -0.39 is 0 Å². The quantitative estimate of drug-likeness (QED) is 0.408.